The van der Waals surface area contributed by atoms with Crippen LogP contribution in [0.2, 0.25) is 0 Å². The molecule has 2 aromatic rings. The Morgan fingerprint density at radius 3 is 2.74 bits per heavy atom. The topological polar surface area (TPSA) is 63.8 Å². The second-order valence-corrected chi connectivity index (χ2v) is 5.62. The maximum atomic E-state index is 5.70. The molecule has 5 heteroatoms. The van der Waals surface area contributed by atoms with Crippen molar-refractivity contribution in [1.29, 1.82) is 0 Å². The third kappa shape index (κ3) is 4.61. The summed E-state index contributed by atoms with van der Waals surface area (Å²) >= 11 is 1.41. The summed E-state index contributed by atoms with van der Waals surface area (Å²) in [5.41, 5.74) is 8.22. The first kappa shape index (κ1) is 14.0. The molecule has 0 amide bonds. The van der Waals surface area contributed by atoms with E-state index in [1.54, 1.807) is 0 Å². The predicted octanol–water partition coefficient (Wildman–Crippen LogP) is 2.59. The number of nitrogens with one attached hydrogen (secondary N) is 1. The number of benzene rings is 1. The molecule has 1 aromatic heterocycles. The van der Waals surface area contributed by atoms with E-state index >= 15 is 0 Å². The fraction of sp³-hybridized carbons (Fsp3) is 0.429. The SMILES string of the molecule is Cc1ccc(Cc2nsc(NCCC(C)N)n2)cc1. The molecule has 0 aliphatic carbocycles. The van der Waals surface area contributed by atoms with Crippen molar-refractivity contribution in [1.82, 2.24) is 9.36 Å². The van der Waals surface area contributed by atoms with Gasteiger partial charge in [0.1, 0.15) is 5.82 Å². The molecule has 0 radical (unpaired) electrons. The molecule has 0 spiro atoms. The van der Waals surface area contributed by atoms with E-state index in [9.17, 15) is 0 Å². The molecule has 0 aliphatic rings. The lowest BCUT2D eigenvalue weighted by Crippen LogP contribution is -2.19. The molecule has 1 heterocycles. The number of nitrogens with zero attached hydrogens (tertiary/aromatic N) is 2. The molecule has 1 aromatic carbocycles. The summed E-state index contributed by atoms with van der Waals surface area (Å²) < 4.78 is 4.37. The second kappa shape index (κ2) is 6.63. The zero-order valence-corrected chi connectivity index (χ0v) is 12.2. The number of aromatic nitrogens is 2. The molecule has 1 atom stereocenters. The lowest BCUT2D eigenvalue weighted by molar-refractivity contribution is 0.690. The molecular formula is C14H20N4S. The highest BCUT2D eigenvalue weighted by Crippen LogP contribution is 2.14. The summed E-state index contributed by atoms with van der Waals surface area (Å²) in [6.07, 6.45) is 1.72. The van der Waals surface area contributed by atoms with Gasteiger partial charge < -0.3 is 11.1 Å². The van der Waals surface area contributed by atoms with E-state index < -0.39 is 0 Å². The van der Waals surface area contributed by atoms with Crippen LogP contribution in [-0.2, 0) is 6.42 Å². The maximum absolute atomic E-state index is 5.70. The minimum absolute atomic E-state index is 0.215. The fourth-order valence-corrected chi connectivity index (χ4v) is 2.30. The number of hydrogen-bond acceptors (Lipinski definition) is 5. The molecule has 0 aliphatic heterocycles. The van der Waals surface area contributed by atoms with Crippen LogP contribution in [-0.4, -0.2) is 21.9 Å². The Balaban J connectivity index is 1.88. The smallest absolute Gasteiger partial charge is 0.202 e. The van der Waals surface area contributed by atoms with Gasteiger partial charge in [-0.25, -0.2) is 4.98 Å². The number of hydrogen-bond donors (Lipinski definition) is 2. The third-order valence-corrected chi connectivity index (χ3v) is 3.54. The van der Waals surface area contributed by atoms with Gasteiger partial charge >= 0.3 is 0 Å². The van der Waals surface area contributed by atoms with Crippen LogP contribution in [0.1, 0.15) is 30.3 Å². The summed E-state index contributed by atoms with van der Waals surface area (Å²) in [6.45, 7) is 4.94. The molecule has 4 nitrogen and oxygen atoms in total. The van der Waals surface area contributed by atoms with E-state index in [2.05, 4.69) is 45.9 Å². The van der Waals surface area contributed by atoms with E-state index in [4.69, 9.17) is 5.73 Å². The zero-order chi connectivity index (χ0) is 13.7. The van der Waals surface area contributed by atoms with Crippen molar-refractivity contribution in [3.63, 3.8) is 0 Å². The van der Waals surface area contributed by atoms with Crippen LogP contribution in [0.25, 0.3) is 0 Å². The van der Waals surface area contributed by atoms with Gasteiger partial charge in [-0.15, -0.1) is 0 Å². The Hall–Kier alpha value is -1.46. The van der Waals surface area contributed by atoms with Crippen molar-refractivity contribution < 1.29 is 0 Å². The van der Waals surface area contributed by atoms with Crippen molar-refractivity contribution in [2.75, 3.05) is 11.9 Å². The average Bonchev–Trinajstić information content (AvgIpc) is 2.79. The monoisotopic (exact) mass is 276 g/mol. The van der Waals surface area contributed by atoms with Crippen LogP contribution >= 0.6 is 11.5 Å². The van der Waals surface area contributed by atoms with E-state index in [0.717, 1.165) is 30.3 Å². The first-order valence-electron chi connectivity index (χ1n) is 6.51. The van der Waals surface area contributed by atoms with Crippen molar-refractivity contribution in [2.24, 2.45) is 5.73 Å². The first-order chi connectivity index (χ1) is 9.13. The molecule has 0 saturated carbocycles. The predicted molar refractivity (Wildman–Crippen MR) is 80.7 cm³/mol. The van der Waals surface area contributed by atoms with Crippen molar-refractivity contribution in [3.8, 4) is 0 Å². The lowest BCUT2D eigenvalue weighted by atomic mass is 10.1. The van der Waals surface area contributed by atoms with E-state index in [1.165, 1.54) is 22.7 Å². The Morgan fingerprint density at radius 1 is 1.32 bits per heavy atom. The van der Waals surface area contributed by atoms with E-state index in [-0.39, 0.29) is 6.04 Å². The summed E-state index contributed by atoms with van der Waals surface area (Å²) in [5.74, 6) is 0.872. The van der Waals surface area contributed by atoms with Gasteiger partial charge in [0, 0.05) is 30.5 Å². The highest BCUT2D eigenvalue weighted by Gasteiger charge is 2.05. The van der Waals surface area contributed by atoms with Crippen molar-refractivity contribution in [3.05, 3.63) is 41.2 Å². The minimum atomic E-state index is 0.215. The standard InChI is InChI=1S/C14H20N4S/c1-10-3-5-12(6-4-10)9-13-17-14(19-18-13)16-8-7-11(2)15/h3-6,11H,7-9,15H2,1-2H3,(H,16,17,18). The van der Waals surface area contributed by atoms with Gasteiger partial charge in [-0.05, 0) is 25.8 Å². The summed E-state index contributed by atoms with van der Waals surface area (Å²) in [6, 6.07) is 8.69. The fourth-order valence-electron chi connectivity index (χ4n) is 1.69. The lowest BCUT2D eigenvalue weighted by Gasteiger charge is -2.04. The van der Waals surface area contributed by atoms with Crippen LogP contribution in [0.15, 0.2) is 24.3 Å². The molecule has 0 fully saturated rings. The summed E-state index contributed by atoms with van der Waals surface area (Å²) in [7, 11) is 0. The molecule has 2 rings (SSSR count). The van der Waals surface area contributed by atoms with Crippen LogP contribution in [0, 0.1) is 6.92 Å². The van der Waals surface area contributed by atoms with Crippen LogP contribution in [0.4, 0.5) is 5.13 Å². The van der Waals surface area contributed by atoms with Gasteiger partial charge in [-0.2, -0.15) is 4.37 Å². The molecular weight excluding hydrogens is 256 g/mol. The Kier molecular flexibility index (Phi) is 4.87. The molecule has 19 heavy (non-hydrogen) atoms. The van der Waals surface area contributed by atoms with Gasteiger partial charge in [0.15, 0.2) is 0 Å². The Bertz CT molecular complexity index is 504. The van der Waals surface area contributed by atoms with Crippen molar-refractivity contribution >= 4 is 16.7 Å². The summed E-state index contributed by atoms with van der Waals surface area (Å²) in [4.78, 5) is 4.48. The second-order valence-electron chi connectivity index (χ2n) is 4.87. The normalized spacial score (nSPS) is 12.4. The Morgan fingerprint density at radius 2 is 2.05 bits per heavy atom. The maximum Gasteiger partial charge on any atom is 0.202 e. The Labute approximate surface area is 118 Å². The van der Waals surface area contributed by atoms with Gasteiger partial charge in [0.05, 0.1) is 0 Å². The van der Waals surface area contributed by atoms with Crippen LogP contribution < -0.4 is 11.1 Å². The number of aryl methyl sites for hydroxylation is 1. The van der Waals surface area contributed by atoms with E-state index in [0.29, 0.717) is 0 Å². The largest absolute Gasteiger partial charge is 0.360 e. The molecule has 102 valence electrons. The zero-order valence-electron chi connectivity index (χ0n) is 11.4. The third-order valence-electron chi connectivity index (χ3n) is 2.83. The first-order valence-corrected chi connectivity index (χ1v) is 7.28. The van der Waals surface area contributed by atoms with Gasteiger partial charge in [-0.3, -0.25) is 0 Å². The number of rotatable bonds is 6. The quantitative estimate of drug-likeness (QED) is 0.851. The van der Waals surface area contributed by atoms with Gasteiger partial charge in [-0.1, -0.05) is 29.8 Å². The number of anilines is 1. The average molecular weight is 276 g/mol. The molecule has 0 bridgehead atoms. The molecule has 1 unspecified atom stereocenters. The van der Waals surface area contributed by atoms with Crippen LogP contribution in [0.5, 0.6) is 0 Å². The highest BCUT2D eigenvalue weighted by atomic mass is 32.1. The van der Waals surface area contributed by atoms with Crippen LogP contribution in [0.3, 0.4) is 0 Å². The minimum Gasteiger partial charge on any atom is -0.360 e. The summed E-state index contributed by atoms with van der Waals surface area (Å²) in [5, 5.41) is 4.13. The van der Waals surface area contributed by atoms with E-state index in [1.807, 2.05) is 6.92 Å². The number of nitrogens with two attached hydrogens (primary N) is 1. The van der Waals surface area contributed by atoms with Crippen molar-refractivity contribution in [2.45, 2.75) is 32.7 Å². The van der Waals surface area contributed by atoms with Gasteiger partial charge in [0.2, 0.25) is 5.13 Å². The molecule has 3 N–H and O–H groups in total. The molecule has 0 saturated heterocycles. The highest BCUT2D eigenvalue weighted by molar-refractivity contribution is 7.09. The van der Waals surface area contributed by atoms with Gasteiger partial charge in [0.25, 0.3) is 0 Å².